The molecule has 10 nitrogen and oxygen atoms in total. The average Bonchev–Trinajstić information content (AvgIpc) is 3.06. The second kappa shape index (κ2) is 9.80. The summed E-state index contributed by atoms with van der Waals surface area (Å²) < 4.78 is 12.2. The highest BCUT2D eigenvalue weighted by Crippen LogP contribution is 2.31. The smallest absolute Gasteiger partial charge is 0.261 e. The fraction of sp³-hybridized carbons (Fsp3) is 0.346. The fourth-order valence-electron chi connectivity index (χ4n) is 4.52. The molecule has 0 bridgehead atoms. The normalized spacial score (nSPS) is 13.5. The van der Waals surface area contributed by atoms with E-state index < -0.39 is 0 Å². The van der Waals surface area contributed by atoms with E-state index in [0.29, 0.717) is 53.5 Å². The van der Waals surface area contributed by atoms with Crippen LogP contribution in [0.25, 0.3) is 21.9 Å². The van der Waals surface area contributed by atoms with Gasteiger partial charge in [0.15, 0.2) is 23.1 Å². The van der Waals surface area contributed by atoms with Crippen LogP contribution >= 0.6 is 0 Å². The molecule has 0 saturated carbocycles. The Kier molecular flexibility index (Phi) is 6.41. The second-order valence-electron chi connectivity index (χ2n) is 8.75. The Morgan fingerprint density at radius 3 is 2.39 bits per heavy atom. The summed E-state index contributed by atoms with van der Waals surface area (Å²) in [4.78, 5) is 44.1. The van der Waals surface area contributed by atoms with Gasteiger partial charge in [-0.3, -0.25) is 19.1 Å². The lowest BCUT2D eigenvalue weighted by atomic mass is 10.2. The number of carbonyl (C=O) groups is 1. The maximum atomic E-state index is 13.3. The van der Waals surface area contributed by atoms with Gasteiger partial charge in [0.05, 0.1) is 42.5 Å². The van der Waals surface area contributed by atoms with Crippen molar-refractivity contribution >= 4 is 39.5 Å². The standard InChI is InChI=1S/C26H28N6O4/c1-30-11-7-13-32(25-24(30)28-18-8-4-5-9-19(18)29-25)23(33)10-6-12-31-16-27-20-15-22(36-3)21(35-2)14-17(20)26(31)34/h4-5,8-9,14-16H,6-7,10-13H2,1-3H3. The zero-order valence-electron chi connectivity index (χ0n) is 20.6. The summed E-state index contributed by atoms with van der Waals surface area (Å²) in [6, 6.07) is 11.0. The van der Waals surface area contributed by atoms with Crippen LogP contribution in [0, 0.1) is 0 Å². The first-order chi connectivity index (χ1) is 17.5. The van der Waals surface area contributed by atoms with Crippen LogP contribution < -0.4 is 24.8 Å². The zero-order valence-corrected chi connectivity index (χ0v) is 20.6. The molecule has 0 unspecified atom stereocenters. The highest BCUT2D eigenvalue weighted by molar-refractivity contribution is 5.96. The predicted octanol–water partition coefficient (Wildman–Crippen LogP) is 3.01. The summed E-state index contributed by atoms with van der Waals surface area (Å²) in [5.74, 6) is 2.24. The molecule has 0 atom stereocenters. The molecule has 4 aromatic rings. The van der Waals surface area contributed by atoms with E-state index in [0.717, 1.165) is 24.0 Å². The van der Waals surface area contributed by atoms with Crippen molar-refractivity contribution in [3.8, 4) is 11.5 Å². The van der Waals surface area contributed by atoms with Gasteiger partial charge in [-0.2, -0.15) is 0 Å². The van der Waals surface area contributed by atoms with Crippen molar-refractivity contribution in [3.63, 3.8) is 0 Å². The van der Waals surface area contributed by atoms with Crippen LogP contribution in [0.1, 0.15) is 19.3 Å². The molecule has 0 N–H and O–H groups in total. The number of aryl methyl sites for hydroxylation is 1. The number of methoxy groups -OCH3 is 2. The van der Waals surface area contributed by atoms with Gasteiger partial charge in [0.25, 0.3) is 5.56 Å². The summed E-state index contributed by atoms with van der Waals surface area (Å²) in [5.41, 5.74) is 1.90. The third kappa shape index (κ3) is 4.30. The number of carbonyl (C=O) groups excluding carboxylic acids is 1. The van der Waals surface area contributed by atoms with Gasteiger partial charge < -0.3 is 14.4 Å². The zero-order chi connectivity index (χ0) is 25.2. The van der Waals surface area contributed by atoms with Gasteiger partial charge in [-0.05, 0) is 31.0 Å². The summed E-state index contributed by atoms with van der Waals surface area (Å²) in [6.07, 6.45) is 3.08. The predicted molar refractivity (Wildman–Crippen MR) is 138 cm³/mol. The van der Waals surface area contributed by atoms with Gasteiger partial charge >= 0.3 is 0 Å². The lowest BCUT2D eigenvalue weighted by molar-refractivity contribution is -0.118. The van der Waals surface area contributed by atoms with Crippen LogP contribution in [0.5, 0.6) is 11.5 Å². The molecule has 1 amide bonds. The largest absolute Gasteiger partial charge is 0.493 e. The Balaban J connectivity index is 1.35. The SMILES string of the molecule is COc1cc2ncn(CCCC(=O)N3CCCN(C)c4nc5ccccc5nc43)c(=O)c2cc1OC. The minimum absolute atomic E-state index is 0.0377. The van der Waals surface area contributed by atoms with Gasteiger partial charge in [-0.15, -0.1) is 0 Å². The van der Waals surface area contributed by atoms with E-state index in [2.05, 4.69) is 4.98 Å². The number of amides is 1. The molecule has 0 radical (unpaired) electrons. The van der Waals surface area contributed by atoms with Crippen molar-refractivity contribution in [2.24, 2.45) is 0 Å². The average molecular weight is 489 g/mol. The van der Waals surface area contributed by atoms with Crippen molar-refractivity contribution in [1.82, 2.24) is 19.5 Å². The quantitative estimate of drug-likeness (QED) is 0.408. The number of fused-ring (bicyclic) bond motifs is 3. The van der Waals surface area contributed by atoms with E-state index >= 15 is 0 Å². The summed E-state index contributed by atoms with van der Waals surface area (Å²) >= 11 is 0. The highest BCUT2D eigenvalue weighted by Gasteiger charge is 2.26. The van der Waals surface area contributed by atoms with E-state index in [4.69, 9.17) is 19.4 Å². The maximum Gasteiger partial charge on any atom is 0.261 e. The lowest BCUT2D eigenvalue weighted by Crippen LogP contribution is -2.32. The third-order valence-electron chi connectivity index (χ3n) is 6.45. The number of para-hydroxylation sites is 2. The number of hydrogen-bond acceptors (Lipinski definition) is 8. The molecule has 10 heteroatoms. The first kappa shape index (κ1) is 23.5. The number of rotatable bonds is 6. The Bertz CT molecular complexity index is 1500. The number of aromatic nitrogens is 4. The van der Waals surface area contributed by atoms with Crippen molar-refractivity contribution in [1.29, 1.82) is 0 Å². The van der Waals surface area contributed by atoms with E-state index in [1.54, 1.807) is 17.0 Å². The topological polar surface area (TPSA) is 103 Å². The summed E-state index contributed by atoms with van der Waals surface area (Å²) in [5, 5.41) is 0.438. The summed E-state index contributed by atoms with van der Waals surface area (Å²) in [6.45, 7) is 1.73. The molecule has 5 rings (SSSR count). The minimum atomic E-state index is -0.188. The van der Waals surface area contributed by atoms with E-state index in [1.165, 1.54) is 25.1 Å². The molecule has 3 heterocycles. The Morgan fingerprint density at radius 1 is 0.972 bits per heavy atom. The van der Waals surface area contributed by atoms with Crippen molar-refractivity contribution in [2.45, 2.75) is 25.8 Å². The molecule has 186 valence electrons. The van der Waals surface area contributed by atoms with E-state index in [9.17, 15) is 9.59 Å². The molecule has 0 aliphatic carbocycles. The molecule has 0 saturated heterocycles. The van der Waals surface area contributed by atoms with Crippen LogP contribution in [0.4, 0.5) is 11.6 Å². The van der Waals surface area contributed by atoms with Crippen LogP contribution in [-0.4, -0.2) is 59.8 Å². The Labute approximate surface area is 208 Å². The van der Waals surface area contributed by atoms with Gasteiger partial charge in [0.1, 0.15) is 0 Å². The van der Waals surface area contributed by atoms with E-state index in [-0.39, 0.29) is 17.9 Å². The molecule has 36 heavy (non-hydrogen) atoms. The molecule has 0 fully saturated rings. The molecule has 1 aliphatic heterocycles. The van der Waals surface area contributed by atoms with Gasteiger partial charge in [0.2, 0.25) is 5.91 Å². The monoisotopic (exact) mass is 488 g/mol. The van der Waals surface area contributed by atoms with Crippen LogP contribution in [0.15, 0.2) is 47.5 Å². The molecular weight excluding hydrogens is 460 g/mol. The van der Waals surface area contributed by atoms with Crippen molar-refractivity contribution in [3.05, 3.63) is 53.1 Å². The van der Waals surface area contributed by atoms with E-state index in [1.807, 2.05) is 36.2 Å². The first-order valence-electron chi connectivity index (χ1n) is 11.9. The highest BCUT2D eigenvalue weighted by atomic mass is 16.5. The van der Waals surface area contributed by atoms with Gasteiger partial charge in [-0.1, -0.05) is 12.1 Å². The number of ether oxygens (including phenoxy) is 2. The van der Waals surface area contributed by atoms with Gasteiger partial charge in [-0.25, -0.2) is 15.0 Å². The van der Waals surface area contributed by atoms with Crippen LogP contribution in [0.3, 0.4) is 0 Å². The molecule has 2 aromatic heterocycles. The number of anilines is 2. The second-order valence-corrected chi connectivity index (χ2v) is 8.75. The molecule has 0 spiro atoms. The number of nitrogens with zero attached hydrogens (tertiary/aromatic N) is 6. The first-order valence-corrected chi connectivity index (χ1v) is 11.9. The van der Waals surface area contributed by atoms with Crippen molar-refractivity contribution in [2.75, 3.05) is 44.2 Å². The molecule has 2 aromatic carbocycles. The fourth-order valence-corrected chi connectivity index (χ4v) is 4.52. The van der Waals surface area contributed by atoms with Crippen LogP contribution in [0.2, 0.25) is 0 Å². The summed E-state index contributed by atoms with van der Waals surface area (Å²) in [7, 11) is 5.03. The maximum absolute atomic E-state index is 13.3. The molecule has 1 aliphatic rings. The third-order valence-corrected chi connectivity index (χ3v) is 6.45. The Morgan fingerprint density at radius 2 is 1.67 bits per heavy atom. The minimum Gasteiger partial charge on any atom is -0.493 e. The molecular formula is C26H28N6O4. The Hall–Kier alpha value is -4.21. The van der Waals surface area contributed by atoms with Gasteiger partial charge in [0, 0.05) is 39.2 Å². The van der Waals surface area contributed by atoms with Crippen LogP contribution in [-0.2, 0) is 11.3 Å². The number of hydrogen-bond donors (Lipinski definition) is 0. The lowest BCUT2D eigenvalue weighted by Gasteiger charge is -2.23. The van der Waals surface area contributed by atoms with Crippen molar-refractivity contribution < 1.29 is 14.3 Å². The number of benzene rings is 2.